The summed E-state index contributed by atoms with van der Waals surface area (Å²) in [7, 11) is 0. The monoisotopic (exact) mass is 279 g/mol. The van der Waals surface area contributed by atoms with Gasteiger partial charge in [-0.2, -0.15) is 0 Å². The van der Waals surface area contributed by atoms with Crippen LogP contribution in [0.3, 0.4) is 0 Å². The van der Waals surface area contributed by atoms with Gasteiger partial charge in [0.25, 0.3) is 0 Å². The number of nitrogens with one attached hydrogen (secondary N) is 2. The van der Waals surface area contributed by atoms with Gasteiger partial charge in [0.2, 0.25) is 11.8 Å². The zero-order valence-electron chi connectivity index (χ0n) is 12.0. The zero-order chi connectivity index (χ0) is 14.2. The second-order valence-corrected chi connectivity index (χ2v) is 6.94. The first kappa shape index (κ1) is 13.9. The van der Waals surface area contributed by atoms with Crippen molar-refractivity contribution in [3.63, 3.8) is 0 Å². The van der Waals surface area contributed by atoms with E-state index in [1.165, 1.54) is 0 Å². The van der Waals surface area contributed by atoms with Gasteiger partial charge < -0.3 is 16.4 Å². The van der Waals surface area contributed by atoms with Gasteiger partial charge in [-0.15, -0.1) is 0 Å². The maximum absolute atomic E-state index is 12.3. The van der Waals surface area contributed by atoms with E-state index in [0.29, 0.717) is 6.54 Å². The Morgan fingerprint density at radius 2 is 1.80 bits per heavy atom. The third kappa shape index (κ3) is 2.32. The van der Waals surface area contributed by atoms with Crippen LogP contribution in [0.5, 0.6) is 0 Å². The number of rotatable bonds is 4. The van der Waals surface area contributed by atoms with Crippen LogP contribution in [0.1, 0.15) is 44.9 Å². The topological polar surface area (TPSA) is 84.2 Å². The summed E-state index contributed by atoms with van der Waals surface area (Å²) >= 11 is 0. The fourth-order valence-electron chi connectivity index (χ4n) is 4.14. The van der Waals surface area contributed by atoms with Gasteiger partial charge in [0.1, 0.15) is 0 Å². The Kier molecular flexibility index (Phi) is 3.48. The van der Waals surface area contributed by atoms with Crippen LogP contribution in [0.15, 0.2) is 0 Å². The third-order valence-corrected chi connectivity index (χ3v) is 5.79. The summed E-state index contributed by atoms with van der Waals surface area (Å²) in [4.78, 5) is 24.0. The molecule has 5 heteroatoms. The van der Waals surface area contributed by atoms with Crippen LogP contribution in [0, 0.1) is 16.7 Å². The molecule has 4 N–H and O–H groups in total. The molecule has 1 unspecified atom stereocenters. The van der Waals surface area contributed by atoms with Gasteiger partial charge in [-0.1, -0.05) is 12.8 Å². The van der Waals surface area contributed by atoms with Gasteiger partial charge in [0.05, 0.1) is 5.41 Å². The Hall–Kier alpha value is -1.10. The van der Waals surface area contributed by atoms with E-state index in [2.05, 4.69) is 10.6 Å². The smallest absolute Gasteiger partial charge is 0.225 e. The fourth-order valence-corrected chi connectivity index (χ4v) is 4.14. The van der Waals surface area contributed by atoms with Gasteiger partial charge in [0, 0.05) is 12.5 Å². The second kappa shape index (κ2) is 5.02. The Morgan fingerprint density at radius 3 is 2.40 bits per heavy atom. The summed E-state index contributed by atoms with van der Waals surface area (Å²) in [6.45, 7) is 2.48. The Morgan fingerprint density at radius 1 is 1.15 bits per heavy atom. The lowest BCUT2D eigenvalue weighted by atomic mass is 9.85. The van der Waals surface area contributed by atoms with Crippen molar-refractivity contribution >= 4 is 11.8 Å². The van der Waals surface area contributed by atoms with E-state index < -0.39 is 5.41 Å². The summed E-state index contributed by atoms with van der Waals surface area (Å²) in [5.74, 6) is 0.0537. The molecular formula is C15H25N3O2. The maximum Gasteiger partial charge on any atom is 0.225 e. The van der Waals surface area contributed by atoms with E-state index in [1.54, 1.807) is 0 Å². The highest BCUT2D eigenvalue weighted by atomic mass is 16.2. The molecule has 0 bridgehead atoms. The van der Waals surface area contributed by atoms with Crippen molar-refractivity contribution in [3.05, 3.63) is 0 Å². The molecular weight excluding hydrogens is 254 g/mol. The molecule has 0 aromatic heterocycles. The van der Waals surface area contributed by atoms with Crippen LogP contribution in [0.4, 0.5) is 0 Å². The maximum atomic E-state index is 12.3. The lowest BCUT2D eigenvalue weighted by molar-refractivity contribution is -0.128. The number of primary amides is 1. The highest BCUT2D eigenvalue weighted by Crippen LogP contribution is 2.58. The molecule has 1 spiro atoms. The van der Waals surface area contributed by atoms with Crippen molar-refractivity contribution in [2.75, 3.05) is 19.6 Å². The number of hydrogen-bond donors (Lipinski definition) is 3. The molecule has 1 heterocycles. The molecule has 2 aliphatic carbocycles. The zero-order valence-corrected chi connectivity index (χ0v) is 12.0. The summed E-state index contributed by atoms with van der Waals surface area (Å²) in [6.07, 6.45) is 6.95. The van der Waals surface area contributed by atoms with Crippen LogP contribution in [-0.2, 0) is 9.59 Å². The number of amides is 2. The summed E-state index contributed by atoms with van der Waals surface area (Å²) in [5, 5.41) is 6.36. The minimum Gasteiger partial charge on any atom is -0.369 e. The minimum absolute atomic E-state index is 0.138. The number of carbonyl (C=O) groups excluding carboxylic acids is 2. The molecule has 5 nitrogen and oxygen atoms in total. The highest BCUT2D eigenvalue weighted by Gasteiger charge is 2.57. The van der Waals surface area contributed by atoms with Crippen molar-refractivity contribution < 1.29 is 9.59 Å². The quantitative estimate of drug-likeness (QED) is 0.702. The van der Waals surface area contributed by atoms with Gasteiger partial charge in [-0.3, -0.25) is 9.59 Å². The standard InChI is InChI=1S/C15H25N3O2/c16-13(20)15(3-1-2-4-15)10-18-12(19)11-9-14(11)5-7-17-8-6-14/h11,17H,1-10H2,(H2,16,20)(H,18,19). The molecule has 3 aliphatic rings. The molecule has 1 aliphatic heterocycles. The lowest BCUT2D eigenvalue weighted by Gasteiger charge is -2.26. The summed E-state index contributed by atoms with van der Waals surface area (Å²) < 4.78 is 0. The fraction of sp³-hybridized carbons (Fsp3) is 0.867. The average molecular weight is 279 g/mol. The molecule has 3 fully saturated rings. The van der Waals surface area contributed by atoms with Crippen molar-refractivity contribution in [1.82, 2.24) is 10.6 Å². The van der Waals surface area contributed by atoms with Crippen LogP contribution in [0.25, 0.3) is 0 Å². The SMILES string of the molecule is NC(=O)C1(CNC(=O)C2CC23CCNCC3)CCCC1. The number of piperidine rings is 1. The first-order valence-corrected chi connectivity index (χ1v) is 7.86. The molecule has 2 saturated carbocycles. The summed E-state index contributed by atoms with van der Waals surface area (Å²) in [6, 6.07) is 0. The molecule has 3 rings (SSSR count). The Bertz CT molecular complexity index is 409. The van der Waals surface area contributed by atoms with E-state index in [9.17, 15) is 9.59 Å². The van der Waals surface area contributed by atoms with E-state index >= 15 is 0 Å². The predicted molar refractivity (Wildman–Crippen MR) is 75.7 cm³/mol. The minimum atomic E-state index is -0.480. The van der Waals surface area contributed by atoms with Crippen molar-refractivity contribution in [3.8, 4) is 0 Å². The van der Waals surface area contributed by atoms with E-state index in [1.807, 2.05) is 0 Å². The first-order valence-electron chi connectivity index (χ1n) is 7.86. The van der Waals surface area contributed by atoms with Crippen LogP contribution in [0.2, 0.25) is 0 Å². The van der Waals surface area contributed by atoms with Crippen LogP contribution in [-0.4, -0.2) is 31.4 Å². The van der Waals surface area contributed by atoms with Gasteiger partial charge in [-0.25, -0.2) is 0 Å². The van der Waals surface area contributed by atoms with E-state index in [-0.39, 0.29) is 23.1 Å². The number of carbonyl (C=O) groups is 2. The van der Waals surface area contributed by atoms with Crippen LogP contribution < -0.4 is 16.4 Å². The molecule has 20 heavy (non-hydrogen) atoms. The van der Waals surface area contributed by atoms with Crippen LogP contribution >= 0.6 is 0 Å². The molecule has 2 amide bonds. The molecule has 1 atom stereocenters. The summed E-state index contributed by atoms with van der Waals surface area (Å²) in [5.41, 5.74) is 5.32. The Labute approximate surface area is 120 Å². The average Bonchev–Trinajstić information content (AvgIpc) is 2.92. The van der Waals surface area contributed by atoms with Gasteiger partial charge in [0.15, 0.2) is 0 Å². The normalized spacial score (nSPS) is 30.1. The predicted octanol–water partition coefficient (Wildman–Crippen LogP) is 0.538. The molecule has 0 radical (unpaired) electrons. The van der Waals surface area contributed by atoms with E-state index in [4.69, 9.17) is 5.73 Å². The third-order valence-electron chi connectivity index (χ3n) is 5.79. The first-order chi connectivity index (χ1) is 9.58. The van der Waals surface area contributed by atoms with Gasteiger partial charge >= 0.3 is 0 Å². The molecule has 1 saturated heterocycles. The second-order valence-electron chi connectivity index (χ2n) is 6.94. The van der Waals surface area contributed by atoms with Crippen molar-refractivity contribution in [1.29, 1.82) is 0 Å². The number of nitrogens with two attached hydrogens (primary N) is 1. The van der Waals surface area contributed by atoms with E-state index in [0.717, 1.165) is 58.0 Å². The Balaban J connectivity index is 1.54. The largest absolute Gasteiger partial charge is 0.369 e. The number of hydrogen-bond acceptors (Lipinski definition) is 3. The highest BCUT2D eigenvalue weighted by molar-refractivity contribution is 5.85. The van der Waals surface area contributed by atoms with Gasteiger partial charge in [-0.05, 0) is 50.6 Å². The molecule has 112 valence electrons. The van der Waals surface area contributed by atoms with Crippen molar-refractivity contribution in [2.45, 2.75) is 44.9 Å². The van der Waals surface area contributed by atoms with Crippen molar-refractivity contribution in [2.24, 2.45) is 22.5 Å². The lowest BCUT2D eigenvalue weighted by Crippen LogP contribution is -2.45. The molecule has 0 aromatic rings. The molecule has 0 aromatic carbocycles.